The van der Waals surface area contributed by atoms with Crippen LogP contribution in [0, 0.1) is 0 Å². The van der Waals surface area contributed by atoms with E-state index in [4.69, 9.17) is 11.6 Å². The predicted molar refractivity (Wildman–Crippen MR) is 77.2 cm³/mol. The Balaban J connectivity index is 3.34. The summed E-state index contributed by atoms with van der Waals surface area (Å²) in [5.74, 6) is -1.36. The Kier molecular flexibility index (Phi) is 5.38. The second-order valence-electron chi connectivity index (χ2n) is 4.43. The molecule has 0 spiro atoms. The van der Waals surface area contributed by atoms with E-state index >= 15 is 0 Å². The molecule has 4 nitrogen and oxygen atoms in total. The number of amides is 1. The van der Waals surface area contributed by atoms with E-state index in [1.165, 1.54) is 11.8 Å². The summed E-state index contributed by atoms with van der Waals surface area (Å²) in [6, 6.07) is 3.58. The minimum atomic E-state index is -1.08. The molecular weight excluding hydrogens is 334 g/mol. The summed E-state index contributed by atoms with van der Waals surface area (Å²) >= 11 is 9.14. The predicted octanol–water partition coefficient (Wildman–Crippen LogP) is 3.49. The summed E-state index contributed by atoms with van der Waals surface area (Å²) < 4.78 is 0.569. The molecule has 1 N–H and O–H groups in total. The zero-order chi connectivity index (χ0) is 14.7. The largest absolute Gasteiger partial charge is 0.479 e. The molecule has 104 valence electrons. The van der Waals surface area contributed by atoms with Gasteiger partial charge in [-0.05, 0) is 26.0 Å². The van der Waals surface area contributed by atoms with E-state index in [0.717, 1.165) is 0 Å². The number of aliphatic carboxylic acids is 1. The van der Waals surface area contributed by atoms with Gasteiger partial charge in [-0.1, -0.05) is 33.6 Å². The monoisotopic (exact) mass is 347 g/mol. The van der Waals surface area contributed by atoms with E-state index in [1.807, 2.05) is 0 Å². The van der Waals surface area contributed by atoms with Crippen molar-refractivity contribution in [2.75, 3.05) is 0 Å². The zero-order valence-corrected chi connectivity index (χ0v) is 13.2. The number of nitrogens with zero attached hydrogens (tertiary/aromatic N) is 1. The van der Waals surface area contributed by atoms with Crippen LogP contribution in [0.25, 0.3) is 0 Å². The van der Waals surface area contributed by atoms with E-state index in [-0.39, 0.29) is 11.9 Å². The van der Waals surface area contributed by atoms with E-state index in [9.17, 15) is 14.7 Å². The second kappa shape index (κ2) is 6.39. The van der Waals surface area contributed by atoms with Gasteiger partial charge in [0.2, 0.25) is 5.91 Å². The third kappa shape index (κ3) is 3.70. The van der Waals surface area contributed by atoms with Crippen LogP contribution >= 0.6 is 27.5 Å². The first-order chi connectivity index (χ1) is 8.75. The number of carbonyl (C=O) groups excluding carboxylic acids is 1. The maximum atomic E-state index is 11.7. The summed E-state index contributed by atoms with van der Waals surface area (Å²) in [6.07, 6.45) is 0. The zero-order valence-electron chi connectivity index (χ0n) is 10.9. The van der Waals surface area contributed by atoms with Crippen LogP contribution in [0.15, 0.2) is 22.7 Å². The number of hydrogen-bond acceptors (Lipinski definition) is 2. The van der Waals surface area contributed by atoms with Crippen molar-refractivity contribution in [3.8, 4) is 0 Å². The molecule has 0 saturated carbocycles. The van der Waals surface area contributed by atoms with Crippen molar-refractivity contribution in [3.63, 3.8) is 0 Å². The molecule has 1 aromatic rings. The normalized spacial score (nSPS) is 12.3. The maximum absolute atomic E-state index is 11.7. The molecule has 0 radical (unpaired) electrons. The highest BCUT2D eigenvalue weighted by atomic mass is 79.9. The van der Waals surface area contributed by atoms with E-state index in [2.05, 4.69) is 15.9 Å². The summed E-state index contributed by atoms with van der Waals surface area (Å²) in [5.41, 5.74) is 0.501. The topological polar surface area (TPSA) is 57.6 Å². The fourth-order valence-corrected chi connectivity index (χ4v) is 2.87. The first kappa shape index (κ1) is 16.0. The number of carboxylic acids is 1. The third-order valence-corrected chi connectivity index (χ3v) is 3.61. The molecule has 6 heteroatoms. The van der Waals surface area contributed by atoms with Crippen molar-refractivity contribution in [1.82, 2.24) is 4.90 Å². The second-order valence-corrected chi connectivity index (χ2v) is 5.72. The highest BCUT2D eigenvalue weighted by Crippen LogP contribution is 2.31. The molecule has 1 amide bonds. The summed E-state index contributed by atoms with van der Waals surface area (Å²) in [4.78, 5) is 24.6. The van der Waals surface area contributed by atoms with Crippen LogP contribution in [0.5, 0.6) is 0 Å². The molecule has 1 aromatic carbocycles. The number of rotatable bonds is 4. The van der Waals surface area contributed by atoms with E-state index in [0.29, 0.717) is 15.1 Å². The van der Waals surface area contributed by atoms with Crippen molar-refractivity contribution in [3.05, 3.63) is 33.3 Å². The highest BCUT2D eigenvalue weighted by molar-refractivity contribution is 9.10. The van der Waals surface area contributed by atoms with Crippen molar-refractivity contribution in [2.45, 2.75) is 32.9 Å². The molecular formula is C13H15BrClNO3. The van der Waals surface area contributed by atoms with Gasteiger partial charge in [-0.15, -0.1) is 0 Å². The standard InChI is InChI=1S/C13H15BrClNO3/c1-7(2)16(8(3)17)12(13(18)19)10-5-4-9(15)6-11(10)14/h4-7,12H,1-3H3,(H,18,19). The Hall–Kier alpha value is -1.07. The van der Waals surface area contributed by atoms with Crippen LogP contribution in [-0.4, -0.2) is 27.9 Å². The smallest absolute Gasteiger partial charge is 0.331 e. The van der Waals surface area contributed by atoms with Crippen LogP contribution in [0.2, 0.25) is 5.02 Å². The van der Waals surface area contributed by atoms with Crippen LogP contribution in [0.3, 0.4) is 0 Å². The molecule has 0 fully saturated rings. The van der Waals surface area contributed by atoms with Gasteiger partial charge in [0.15, 0.2) is 6.04 Å². The minimum Gasteiger partial charge on any atom is -0.479 e. The average molecular weight is 349 g/mol. The van der Waals surface area contributed by atoms with Gasteiger partial charge in [-0.3, -0.25) is 4.79 Å². The molecule has 1 rings (SSSR count). The van der Waals surface area contributed by atoms with Gasteiger partial charge in [0.05, 0.1) is 0 Å². The molecule has 0 aliphatic rings. The molecule has 0 bridgehead atoms. The molecule has 1 atom stereocenters. The van der Waals surface area contributed by atoms with Gasteiger partial charge in [0.25, 0.3) is 0 Å². The summed E-state index contributed by atoms with van der Waals surface area (Å²) in [6.45, 7) is 4.92. The molecule has 0 aliphatic heterocycles. The quantitative estimate of drug-likeness (QED) is 0.906. The molecule has 0 heterocycles. The maximum Gasteiger partial charge on any atom is 0.331 e. The lowest BCUT2D eigenvalue weighted by molar-refractivity contribution is -0.151. The third-order valence-electron chi connectivity index (χ3n) is 2.69. The number of hydrogen-bond donors (Lipinski definition) is 1. The number of halogens is 2. The van der Waals surface area contributed by atoms with Crippen molar-refractivity contribution in [2.24, 2.45) is 0 Å². The molecule has 0 aliphatic carbocycles. The van der Waals surface area contributed by atoms with Crippen LogP contribution in [-0.2, 0) is 9.59 Å². The summed E-state index contributed by atoms with van der Waals surface area (Å²) in [5, 5.41) is 9.94. The lowest BCUT2D eigenvalue weighted by Gasteiger charge is -2.32. The van der Waals surface area contributed by atoms with Crippen molar-refractivity contribution < 1.29 is 14.7 Å². The first-order valence-corrected chi connectivity index (χ1v) is 6.89. The van der Waals surface area contributed by atoms with Crippen molar-refractivity contribution >= 4 is 39.4 Å². The van der Waals surface area contributed by atoms with Crippen molar-refractivity contribution in [1.29, 1.82) is 0 Å². The number of carbonyl (C=O) groups is 2. The van der Waals surface area contributed by atoms with E-state index in [1.54, 1.807) is 32.0 Å². The van der Waals surface area contributed by atoms with Gasteiger partial charge in [0.1, 0.15) is 0 Å². The van der Waals surface area contributed by atoms with Gasteiger partial charge in [0, 0.05) is 28.0 Å². The Bertz CT molecular complexity index is 505. The Morgan fingerprint density at radius 1 is 1.37 bits per heavy atom. The Labute approximate surface area is 125 Å². The van der Waals surface area contributed by atoms with E-state index < -0.39 is 12.0 Å². The molecule has 0 saturated heterocycles. The SMILES string of the molecule is CC(=O)N(C(C)C)C(C(=O)O)c1ccc(Cl)cc1Br. The Morgan fingerprint density at radius 2 is 1.95 bits per heavy atom. The van der Waals surface area contributed by atoms with Gasteiger partial charge in [-0.2, -0.15) is 0 Å². The number of carboxylic acid groups (broad SMARTS) is 1. The van der Waals surface area contributed by atoms with Crippen LogP contribution < -0.4 is 0 Å². The van der Waals surface area contributed by atoms with Crippen LogP contribution in [0.4, 0.5) is 0 Å². The average Bonchev–Trinajstić information content (AvgIpc) is 2.25. The van der Waals surface area contributed by atoms with Crippen LogP contribution in [0.1, 0.15) is 32.4 Å². The summed E-state index contributed by atoms with van der Waals surface area (Å²) in [7, 11) is 0. The highest BCUT2D eigenvalue weighted by Gasteiger charge is 2.32. The van der Waals surface area contributed by atoms with Gasteiger partial charge >= 0.3 is 5.97 Å². The molecule has 1 unspecified atom stereocenters. The number of benzene rings is 1. The minimum absolute atomic E-state index is 0.221. The molecule has 19 heavy (non-hydrogen) atoms. The lowest BCUT2D eigenvalue weighted by atomic mass is 10.0. The van der Waals surface area contributed by atoms with Gasteiger partial charge in [-0.25, -0.2) is 4.79 Å². The Morgan fingerprint density at radius 3 is 2.32 bits per heavy atom. The van der Waals surface area contributed by atoms with Gasteiger partial charge < -0.3 is 10.0 Å². The fraction of sp³-hybridized carbons (Fsp3) is 0.385. The first-order valence-electron chi connectivity index (χ1n) is 5.72. The molecule has 0 aromatic heterocycles. The lowest BCUT2D eigenvalue weighted by Crippen LogP contribution is -2.42. The fourth-order valence-electron chi connectivity index (χ4n) is 1.97.